The van der Waals surface area contributed by atoms with E-state index in [0.29, 0.717) is 6.04 Å². The van der Waals surface area contributed by atoms with Crippen molar-refractivity contribution in [3.8, 4) is 10.8 Å². The maximum Gasteiger partial charge on any atom is 0.299 e. The third-order valence-corrected chi connectivity index (χ3v) is 3.33. The molecule has 13 heavy (non-hydrogen) atoms. The zero-order valence-corrected chi connectivity index (χ0v) is 9.01. The highest BCUT2D eigenvalue weighted by Crippen LogP contribution is 2.34. The van der Waals surface area contributed by atoms with Gasteiger partial charge in [-0.1, -0.05) is 0 Å². The summed E-state index contributed by atoms with van der Waals surface area (Å²) in [5.74, 6) is 3.29. The van der Waals surface area contributed by atoms with Gasteiger partial charge >= 0.3 is 0 Å². The lowest BCUT2D eigenvalue weighted by molar-refractivity contribution is -0.132. The number of carbonyl (C=O) groups is 1. The molecular formula is C10H12BrNO. The average molecular weight is 242 g/mol. The second kappa shape index (κ2) is 3.71. The minimum Gasteiger partial charge on any atom is -0.329 e. The van der Waals surface area contributed by atoms with Crippen molar-refractivity contribution in [2.75, 3.05) is 6.54 Å². The molecule has 1 saturated carbocycles. The Kier molecular flexibility index (Phi) is 2.59. The van der Waals surface area contributed by atoms with Crippen molar-refractivity contribution >= 4 is 21.8 Å². The molecule has 3 heteroatoms. The normalized spacial score (nSPS) is 31.0. The Balaban J connectivity index is 2.07. The Bertz CT molecular complexity index is 270. The molecule has 0 N–H and O–H groups in total. The molecule has 0 spiro atoms. The lowest BCUT2D eigenvalue weighted by Gasteiger charge is -2.44. The molecule has 3 aliphatic rings. The van der Waals surface area contributed by atoms with E-state index in [1.165, 1.54) is 25.7 Å². The Labute approximate surface area is 86.8 Å². The molecule has 70 valence electrons. The van der Waals surface area contributed by atoms with Crippen molar-refractivity contribution in [3.05, 3.63) is 0 Å². The van der Waals surface area contributed by atoms with Crippen LogP contribution >= 0.6 is 15.9 Å². The first-order chi connectivity index (χ1) is 6.31. The summed E-state index contributed by atoms with van der Waals surface area (Å²) in [6.07, 6.45) is 4.97. The van der Waals surface area contributed by atoms with Crippen molar-refractivity contribution in [2.45, 2.75) is 31.7 Å². The fourth-order valence-corrected chi connectivity index (χ4v) is 2.60. The zero-order valence-electron chi connectivity index (χ0n) is 7.42. The monoisotopic (exact) mass is 241 g/mol. The third kappa shape index (κ3) is 1.73. The van der Waals surface area contributed by atoms with Gasteiger partial charge in [-0.15, -0.1) is 0 Å². The first-order valence-electron chi connectivity index (χ1n) is 4.73. The first-order valence-corrected chi connectivity index (χ1v) is 5.53. The number of halogens is 1. The number of piperidine rings is 2. The van der Waals surface area contributed by atoms with E-state index in [0.717, 1.165) is 12.5 Å². The predicted molar refractivity (Wildman–Crippen MR) is 54.2 cm³/mol. The molecule has 2 heterocycles. The van der Waals surface area contributed by atoms with Gasteiger partial charge in [0.1, 0.15) is 0 Å². The second-order valence-corrected chi connectivity index (χ2v) is 4.25. The van der Waals surface area contributed by atoms with Gasteiger partial charge in [0.05, 0.1) is 0 Å². The number of carbonyl (C=O) groups excluding carboxylic acids is 1. The summed E-state index contributed by atoms with van der Waals surface area (Å²) in [4.78, 5) is 16.0. The molecule has 2 aliphatic heterocycles. The van der Waals surface area contributed by atoms with E-state index < -0.39 is 0 Å². The summed E-state index contributed by atoms with van der Waals surface area (Å²) in [5.41, 5.74) is 0. The number of fused-ring (bicyclic) bond motifs is 3. The quantitative estimate of drug-likeness (QED) is 0.592. The molecule has 2 nitrogen and oxygen atoms in total. The molecule has 0 aromatic carbocycles. The summed E-state index contributed by atoms with van der Waals surface area (Å²) in [6.45, 7) is 0.936. The Morgan fingerprint density at radius 1 is 1.31 bits per heavy atom. The van der Waals surface area contributed by atoms with Crippen LogP contribution in [-0.4, -0.2) is 23.4 Å². The molecular weight excluding hydrogens is 230 g/mol. The Morgan fingerprint density at radius 3 is 2.46 bits per heavy atom. The molecule has 0 aromatic heterocycles. The fraction of sp³-hybridized carbons (Fsp3) is 0.700. The molecule has 0 radical (unpaired) electrons. The summed E-state index contributed by atoms with van der Waals surface area (Å²) >= 11 is 2.96. The van der Waals surface area contributed by atoms with E-state index in [1.807, 2.05) is 4.90 Å². The van der Waals surface area contributed by atoms with Gasteiger partial charge in [0.15, 0.2) is 0 Å². The minimum absolute atomic E-state index is 0.00808. The number of hydrogen-bond donors (Lipinski definition) is 0. The van der Waals surface area contributed by atoms with Gasteiger partial charge in [-0.05, 0) is 36.4 Å². The standard InChI is InChI=1S/C10H12BrNO/c11-6-5-10(13)12-7-8-1-3-9(12)4-2-8/h8-9H,1-4,7H2. The van der Waals surface area contributed by atoms with Crippen LogP contribution in [0.5, 0.6) is 0 Å². The van der Waals surface area contributed by atoms with Gasteiger partial charge in [-0.2, -0.15) is 0 Å². The van der Waals surface area contributed by atoms with E-state index in [9.17, 15) is 4.79 Å². The lowest BCUT2D eigenvalue weighted by Crippen LogP contribution is -2.50. The first kappa shape index (κ1) is 9.08. The highest BCUT2D eigenvalue weighted by atomic mass is 79.9. The van der Waals surface area contributed by atoms with Crippen molar-refractivity contribution in [1.29, 1.82) is 0 Å². The van der Waals surface area contributed by atoms with Crippen LogP contribution in [0.2, 0.25) is 0 Å². The van der Waals surface area contributed by atoms with Crippen molar-refractivity contribution in [1.82, 2.24) is 4.90 Å². The minimum atomic E-state index is -0.00808. The fourth-order valence-electron chi connectivity index (χ4n) is 2.43. The van der Waals surface area contributed by atoms with Crippen LogP contribution in [0, 0.1) is 16.7 Å². The van der Waals surface area contributed by atoms with Gasteiger partial charge in [-0.25, -0.2) is 0 Å². The van der Waals surface area contributed by atoms with Crippen LogP contribution in [0.3, 0.4) is 0 Å². The van der Waals surface area contributed by atoms with Crippen LogP contribution in [-0.2, 0) is 4.79 Å². The van der Waals surface area contributed by atoms with Crippen LogP contribution < -0.4 is 0 Å². The van der Waals surface area contributed by atoms with Crippen LogP contribution in [0.4, 0.5) is 0 Å². The van der Waals surface area contributed by atoms with E-state index in [1.54, 1.807) is 0 Å². The second-order valence-electron chi connectivity index (χ2n) is 3.85. The molecule has 0 aromatic rings. The van der Waals surface area contributed by atoms with Crippen LogP contribution in [0.25, 0.3) is 0 Å². The topological polar surface area (TPSA) is 20.3 Å². The van der Waals surface area contributed by atoms with E-state index in [4.69, 9.17) is 0 Å². The molecule has 3 fully saturated rings. The molecule has 1 amide bonds. The molecule has 2 saturated heterocycles. The molecule has 0 atom stereocenters. The van der Waals surface area contributed by atoms with Crippen LogP contribution in [0.15, 0.2) is 0 Å². The van der Waals surface area contributed by atoms with Crippen molar-refractivity contribution in [3.63, 3.8) is 0 Å². The summed E-state index contributed by atoms with van der Waals surface area (Å²) in [7, 11) is 0. The number of hydrogen-bond acceptors (Lipinski definition) is 1. The SMILES string of the molecule is O=C(C#CBr)N1CC2CCC1CC2. The predicted octanol–water partition coefficient (Wildman–Crippen LogP) is 1.74. The molecule has 3 rings (SSSR count). The highest BCUT2D eigenvalue weighted by molar-refractivity contribution is 9.12. The maximum absolute atomic E-state index is 11.5. The van der Waals surface area contributed by atoms with Gasteiger partial charge in [0.2, 0.25) is 0 Å². The van der Waals surface area contributed by atoms with Crippen LogP contribution in [0.1, 0.15) is 25.7 Å². The Hall–Kier alpha value is -0.490. The number of rotatable bonds is 0. The van der Waals surface area contributed by atoms with Gasteiger partial charge in [0, 0.05) is 34.4 Å². The van der Waals surface area contributed by atoms with E-state index in [-0.39, 0.29) is 5.91 Å². The average Bonchev–Trinajstić information content (AvgIpc) is 2.20. The van der Waals surface area contributed by atoms with Gasteiger partial charge in [0.25, 0.3) is 5.91 Å². The summed E-state index contributed by atoms with van der Waals surface area (Å²) in [5, 5.41) is 0. The number of nitrogens with zero attached hydrogens (tertiary/aromatic N) is 1. The summed E-state index contributed by atoms with van der Waals surface area (Å²) in [6, 6.07) is 0.478. The third-order valence-electron chi connectivity index (χ3n) is 3.13. The number of amides is 1. The van der Waals surface area contributed by atoms with Gasteiger partial charge in [-0.3, -0.25) is 4.79 Å². The summed E-state index contributed by atoms with van der Waals surface area (Å²) < 4.78 is 0. The van der Waals surface area contributed by atoms with Crippen molar-refractivity contribution < 1.29 is 4.79 Å². The highest BCUT2D eigenvalue weighted by Gasteiger charge is 2.35. The molecule has 1 aliphatic carbocycles. The molecule has 0 unspecified atom stereocenters. The molecule has 2 bridgehead atoms. The van der Waals surface area contributed by atoms with E-state index >= 15 is 0 Å². The van der Waals surface area contributed by atoms with E-state index in [2.05, 4.69) is 26.7 Å². The van der Waals surface area contributed by atoms with Crippen molar-refractivity contribution in [2.24, 2.45) is 5.92 Å². The largest absolute Gasteiger partial charge is 0.329 e. The van der Waals surface area contributed by atoms with Gasteiger partial charge < -0.3 is 4.90 Å². The Morgan fingerprint density at radius 2 is 2.00 bits per heavy atom. The lowest BCUT2D eigenvalue weighted by atomic mass is 9.80. The zero-order chi connectivity index (χ0) is 9.26. The smallest absolute Gasteiger partial charge is 0.299 e. The maximum atomic E-state index is 11.5.